The van der Waals surface area contributed by atoms with Crippen LogP contribution in [0, 0.1) is 17.1 Å². The highest BCUT2D eigenvalue weighted by atomic mass is 19.4. The van der Waals surface area contributed by atoms with Crippen molar-refractivity contribution in [1.29, 1.82) is 5.26 Å². The highest BCUT2D eigenvalue weighted by molar-refractivity contribution is 5.77. The van der Waals surface area contributed by atoms with Crippen molar-refractivity contribution in [3.05, 3.63) is 59.4 Å². The number of carbonyl (C=O) groups excluding carboxylic acids is 1. The molecule has 0 fully saturated rings. The highest BCUT2D eigenvalue weighted by Gasteiger charge is 2.30. The maximum absolute atomic E-state index is 13.4. The first kappa shape index (κ1) is 20.0. The van der Waals surface area contributed by atoms with E-state index < -0.39 is 23.5 Å². The van der Waals surface area contributed by atoms with Gasteiger partial charge in [0.25, 0.3) is 5.91 Å². The van der Waals surface area contributed by atoms with Gasteiger partial charge in [0, 0.05) is 13.1 Å². The second kappa shape index (κ2) is 8.89. The molecule has 0 bridgehead atoms. The third-order valence-corrected chi connectivity index (χ3v) is 3.44. The number of nitrogens with zero attached hydrogens (tertiary/aromatic N) is 1. The molecule has 0 radical (unpaired) electrons. The molecule has 0 spiro atoms. The van der Waals surface area contributed by atoms with Crippen molar-refractivity contribution in [3.63, 3.8) is 0 Å². The van der Waals surface area contributed by atoms with E-state index in [2.05, 4.69) is 10.6 Å². The average Bonchev–Trinajstić information content (AvgIpc) is 2.63. The van der Waals surface area contributed by atoms with Crippen LogP contribution >= 0.6 is 0 Å². The monoisotopic (exact) mass is 381 g/mol. The molecule has 0 heterocycles. The minimum Gasteiger partial charge on any atom is -0.484 e. The van der Waals surface area contributed by atoms with Crippen LogP contribution < -0.4 is 15.4 Å². The largest absolute Gasteiger partial charge is 0.484 e. The van der Waals surface area contributed by atoms with Crippen LogP contribution in [0.15, 0.2) is 42.5 Å². The van der Waals surface area contributed by atoms with Gasteiger partial charge in [0.2, 0.25) is 0 Å². The van der Waals surface area contributed by atoms with E-state index in [-0.39, 0.29) is 31.0 Å². The highest BCUT2D eigenvalue weighted by Crippen LogP contribution is 2.30. The van der Waals surface area contributed by atoms with Crippen molar-refractivity contribution in [3.8, 4) is 11.8 Å². The Balaban J connectivity index is 1.73. The van der Waals surface area contributed by atoms with Crippen LogP contribution in [0.1, 0.15) is 11.1 Å². The minimum absolute atomic E-state index is 0.116. The summed E-state index contributed by atoms with van der Waals surface area (Å²) >= 11 is 0. The smallest absolute Gasteiger partial charge is 0.416 e. The Morgan fingerprint density at radius 1 is 1.11 bits per heavy atom. The fourth-order valence-corrected chi connectivity index (χ4v) is 2.12. The van der Waals surface area contributed by atoms with E-state index in [9.17, 15) is 22.4 Å². The minimum atomic E-state index is -4.43. The van der Waals surface area contributed by atoms with Crippen LogP contribution in [0.4, 0.5) is 23.2 Å². The van der Waals surface area contributed by atoms with E-state index >= 15 is 0 Å². The molecule has 1 amide bonds. The fraction of sp³-hybridized carbons (Fsp3) is 0.222. The Kier molecular flexibility index (Phi) is 6.60. The quantitative estimate of drug-likeness (QED) is 0.570. The number of ether oxygens (including phenoxy) is 1. The molecule has 2 rings (SSSR count). The van der Waals surface area contributed by atoms with Gasteiger partial charge in [0.05, 0.1) is 11.3 Å². The van der Waals surface area contributed by atoms with Gasteiger partial charge in [0.15, 0.2) is 6.61 Å². The molecule has 0 aliphatic rings. The van der Waals surface area contributed by atoms with Crippen molar-refractivity contribution >= 4 is 11.6 Å². The Morgan fingerprint density at radius 2 is 1.81 bits per heavy atom. The molecule has 0 atom stereocenters. The number of nitriles is 1. The molecule has 2 aromatic rings. The molecule has 0 aliphatic heterocycles. The molecule has 0 saturated carbocycles. The first-order chi connectivity index (χ1) is 12.8. The van der Waals surface area contributed by atoms with Gasteiger partial charge in [-0.05, 0) is 36.4 Å². The van der Waals surface area contributed by atoms with E-state index in [1.807, 2.05) is 0 Å². The predicted molar refractivity (Wildman–Crippen MR) is 89.6 cm³/mol. The summed E-state index contributed by atoms with van der Waals surface area (Å²) in [6.45, 7) is 0.0511. The van der Waals surface area contributed by atoms with Crippen LogP contribution in [-0.4, -0.2) is 25.6 Å². The predicted octanol–water partition coefficient (Wildman–Crippen LogP) is 3.32. The van der Waals surface area contributed by atoms with Gasteiger partial charge in [-0.15, -0.1) is 0 Å². The molecule has 0 aromatic heterocycles. The average molecular weight is 381 g/mol. The Hall–Kier alpha value is -3.28. The van der Waals surface area contributed by atoms with Crippen LogP contribution in [-0.2, 0) is 11.0 Å². The fourth-order valence-electron chi connectivity index (χ4n) is 2.12. The first-order valence-corrected chi connectivity index (χ1v) is 7.80. The van der Waals surface area contributed by atoms with E-state index in [0.29, 0.717) is 5.69 Å². The molecule has 0 unspecified atom stereocenters. The lowest BCUT2D eigenvalue weighted by molar-refractivity contribution is -0.137. The third kappa shape index (κ3) is 5.88. The van der Waals surface area contributed by atoms with E-state index in [0.717, 1.165) is 24.3 Å². The van der Waals surface area contributed by atoms with Crippen LogP contribution in [0.25, 0.3) is 0 Å². The molecule has 5 nitrogen and oxygen atoms in total. The van der Waals surface area contributed by atoms with Gasteiger partial charge in [-0.2, -0.15) is 18.4 Å². The van der Waals surface area contributed by atoms with Crippen molar-refractivity contribution < 1.29 is 27.1 Å². The van der Waals surface area contributed by atoms with Gasteiger partial charge >= 0.3 is 6.18 Å². The summed E-state index contributed by atoms with van der Waals surface area (Å²) in [4.78, 5) is 11.7. The van der Waals surface area contributed by atoms with Crippen molar-refractivity contribution in [2.45, 2.75) is 6.18 Å². The molecule has 0 saturated heterocycles. The van der Waals surface area contributed by atoms with Gasteiger partial charge in [-0.1, -0.05) is 6.07 Å². The van der Waals surface area contributed by atoms with Crippen molar-refractivity contribution in [1.82, 2.24) is 5.32 Å². The zero-order chi connectivity index (χ0) is 19.9. The Bertz CT molecular complexity index is 830. The second-order valence-electron chi connectivity index (χ2n) is 5.36. The molecule has 0 aliphatic carbocycles. The number of rotatable bonds is 7. The van der Waals surface area contributed by atoms with Gasteiger partial charge in [0.1, 0.15) is 23.2 Å². The molecule has 2 aromatic carbocycles. The zero-order valence-electron chi connectivity index (χ0n) is 13.9. The van der Waals surface area contributed by atoms with Gasteiger partial charge < -0.3 is 15.4 Å². The van der Waals surface area contributed by atoms with Crippen molar-refractivity contribution in [2.75, 3.05) is 25.0 Å². The van der Waals surface area contributed by atoms with Crippen LogP contribution in [0.5, 0.6) is 5.75 Å². The molecule has 2 N–H and O–H groups in total. The molecular formula is C18H15F4N3O2. The van der Waals surface area contributed by atoms with Crippen LogP contribution in [0.3, 0.4) is 0 Å². The number of halogens is 4. The molecular weight excluding hydrogens is 366 g/mol. The standard InChI is InChI=1S/C18H15F4N3O2/c19-15-2-1-3-16(14(15)10-23)24-8-9-25-17(26)11-27-13-6-4-12(5-7-13)18(20,21)22/h1-7,24H,8-9,11H2,(H,25,26). The van der Waals surface area contributed by atoms with Gasteiger partial charge in [-0.3, -0.25) is 4.79 Å². The lowest BCUT2D eigenvalue weighted by atomic mass is 10.2. The summed E-state index contributed by atoms with van der Waals surface area (Å²) in [5, 5.41) is 14.3. The number of anilines is 1. The van der Waals surface area contributed by atoms with E-state index in [4.69, 9.17) is 10.00 Å². The van der Waals surface area contributed by atoms with E-state index in [1.54, 1.807) is 6.07 Å². The SMILES string of the molecule is N#Cc1c(F)cccc1NCCNC(=O)COc1ccc(C(F)(F)F)cc1. The third-order valence-electron chi connectivity index (χ3n) is 3.44. The summed E-state index contributed by atoms with van der Waals surface area (Å²) in [6, 6.07) is 9.90. The Labute approximate surface area is 152 Å². The lowest BCUT2D eigenvalue weighted by Gasteiger charge is -2.11. The number of hydrogen-bond donors (Lipinski definition) is 2. The summed E-state index contributed by atoms with van der Waals surface area (Å²) < 4.78 is 55.9. The van der Waals surface area contributed by atoms with Gasteiger partial charge in [-0.25, -0.2) is 4.39 Å². The van der Waals surface area contributed by atoms with E-state index in [1.165, 1.54) is 18.2 Å². The number of benzene rings is 2. The lowest BCUT2D eigenvalue weighted by Crippen LogP contribution is -2.32. The summed E-state index contributed by atoms with van der Waals surface area (Å²) in [5.41, 5.74) is -0.610. The maximum Gasteiger partial charge on any atom is 0.416 e. The first-order valence-electron chi connectivity index (χ1n) is 7.80. The number of alkyl halides is 3. The van der Waals surface area contributed by atoms with Crippen LogP contribution in [0.2, 0.25) is 0 Å². The summed E-state index contributed by atoms with van der Waals surface area (Å²) in [7, 11) is 0. The van der Waals surface area contributed by atoms with Crippen molar-refractivity contribution in [2.24, 2.45) is 0 Å². The number of hydrogen-bond acceptors (Lipinski definition) is 4. The summed E-state index contributed by atoms with van der Waals surface area (Å²) in [5.74, 6) is -0.984. The number of nitrogens with one attached hydrogen (secondary N) is 2. The molecule has 142 valence electrons. The normalized spacial score (nSPS) is 10.8. The molecule has 9 heteroatoms. The summed E-state index contributed by atoms with van der Waals surface area (Å²) in [6.07, 6.45) is -4.43. The molecule has 27 heavy (non-hydrogen) atoms. The number of amides is 1. The Morgan fingerprint density at radius 3 is 2.44 bits per heavy atom. The maximum atomic E-state index is 13.4. The number of carbonyl (C=O) groups is 1. The zero-order valence-corrected chi connectivity index (χ0v) is 13.9. The topological polar surface area (TPSA) is 74.2 Å². The second-order valence-corrected chi connectivity index (χ2v) is 5.36.